The third kappa shape index (κ3) is 4.78. The standard InChI is InChI=1S/C27H25ClN4O3/c1-2-31(15-25-29-21-14-19(28)12-13-20(21)27(34)30-25)16-26(33)32-22-10-6-7-11-24(22)35-17-23(32)18-8-4-3-5-9-18/h3-14,23H,2,15-17H2,1H3,(H,29,30,34)/t23-/m1/s1. The third-order valence-corrected chi connectivity index (χ3v) is 6.42. The van der Waals surface area contributed by atoms with Crippen molar-refractivity contribution >= 4 is 34.1 Å². The highest BCUT2D eigenvalue weighted by atomic mass is 35.5. The highest BCUT2D eigenvalue weighted by Gasteiger charge is 2.33. The molecule has 0 aliphatic carbocycles. The molecule has 35 heavy (non-hydrogen) atoms. The molecule has 0 fully saturated rings. The molecule has 1 aromatic heterocycles. The van der Waals surface area contributed by atoms with Crippen LogP contribution in [0.5, 0.6) is 5.75 Å². The Morgan fingerprint density at radius 1 is 1.14 bits per heavy atom. The maximum Gasteiger partial charge on any atom is 0.258 e. The van der Waals surface area contributed by atoms with Gasteiger partial charge in [-0.25, -0.2) is 4.98 Å². The molecule has 1 aliphatic rings. The molecular formula is C27H25ClN4O3. The normalized spacial score (nSPS) is 15.2. The van der Waals surface area contributed by atoms with Crippen LogP contribution in [0.4, 0.5) is 5.69 Å². The number of H-pyrrole nitrogens is 1. The molecule has 0 saturated carbocycles. The maximum absolute atomic E-state index is 13.7. The van der Waals surface area contributed by atoms with Gasteiger partial charge in [-0.3, -0.25) is 19.4 Å². The highest BCUT2D eigenvalue weighted by molar-refractivity contribution is 6.31. The number of para-hydroxylation sites is 2. The van der Waals surface area contributed by atoms with E-state index >= 15 is 0 Å². The molecule has 0 unspecified atom stereocenters. The second kappa shape index (κ2) is 9.90. The van der Waals surface area contributed by atoms with Gasteiger partial charge >= 0.3 is 0 Å². The van der Waals surface area contributed by atoms with E-state index in [9.17, 15) is 9.59 Å². The second-order valence-corrected chi connectivity index (χ2v) is 8.88. The predicted octanol–water partition coefficient (Wildman–Crippen LogP) is 4.57. The number of rotatable bonds is 6. The Hall–Kier alpha value is -3.68. The lowest BCUT2D eigenvalue weighted by molar-refractivity contribution is -0.120. The largest absolute Gasteiger partial charge is 0.489 e. The van der Waals surface area contributed by atoms with Crippen LogP contribution in [0.25, 0.3) is 10.9 Å². The number of fused-ring (bicyclic) bond motifs is 2. The van der Waals surface area contributed by atoms with Crippen molar-refractivity contribution in [1.29, 1.82) is 0 Å². The summed E-state index contributed by atoms with van der Waals surface area (Å²) in [6, 6.07) is 22.3. The summed E-state index contributed by atoms with van der Waals surface area (Å²) >= 11 is 6.09. The van der Waals surface area contributed by atoms with Gasteiger partial charge in [0.2, 0.25) is 5.91 Å². The van der Waals surface area contributed by atoms with Crippen molar-refractivity contribution in [2.45, 2.75) is 19.5 Å². The molecule has 5 rings (SSSR count). The van der Waals surface area contributed by atoms with E-state index in [1.807, 2.05) is 71.3 Å². The first-order valence-corrected chi connectivity index (χ1v) is 11.9. The summed E-state index contributed by atoms with van der Waals surface area (Å²) < 4.78 is 5.99. The lowest BCUT2D eigenvalue weighted by Gasteiger charge is -2.38. The molecule has 4 aromatic rings. The Kier molecular flexibility index (Phi) is 6.53. The fourth-order valence-corrected chi connectivity index (χ4v) is 4.58. The fourth-order valence-electron chi connectivity index (χ4n) is 4.41. The number of ether oxygens (including phenoxy) is 1. The van der Waals surface area contributed by atoms with Crippen molar-refractivity contribution in [2.75, 3.05) is 24.6 Å². The van der Waals surface area contributed by atoms with Crippen LogP contribution in [0, 0.1) is 0 Å². The SMILES string of the molecule is CCN(CC(=O)N1c2ccccc2OC[C@@H]1c1ccccc1)Cc1nc2cc(Cl)ccc2c(=O)[nH]1. The van der Waals surface area contributed by atoms with Crippen molar-refractivity contribution in [1.82, 2.24) is 14.9 Å². The zero-order valence-electron chi connectivity index (χ0n) is 19.3. The minimum Gasteiger partial charge on any atom is -0.489 e. The maximum atomic E-state index is 13.7. The van der Waals surface area contributed by atoms with Gasteiger partial charge in [-0.05, 0) is 42.4 Å². The van der Waals surface area contributed by atoms with Crippen molar-refractivity contribution < 1.29 is 9.53 Å². The van der Waals surface area contributed by atoms with Gasteiger partial charge in [-0.2, -0.15) is 0 Å². The molecule has 8 heteroatoms. The molecule has 1 N–H and O–H groups in total. The fraction of sp³-hybridized carbons (Fsp3) is 0.222. The van der Waals surface area contributed by atoms with Crippen LogP contribution < -0.4 is 15.2 Å². The van der Waals surface area contributed by atoms with E-state index in [1.54, 1.807) is 18.2 Å². The van der Waals surface area contributed by atoms with Crippen LogP contribution in [-0.4, -0.2) is 40.5 Å². The van der Waals surface area contributed by atoms with Gasteiger partial charge in [-0.15, -0.1) is 0 Å². The van der Waals surface area contributed by atoms with Crippen molar-refractivity contribution in [3.8, 4) is 5.75 Å². The number of benzene rings is 3. The minimum absolute atomic E-state index is 0.0531. The summed E-state index contributed by atoms with van der Waals surface area (Å²) in [5, 5.41) is 0.995. The quantitative estimate of drug-likeness (QED) is 0.430. The van der Waals surface area contributed by atoms with E-state index in [0.29, 0.717) is 47.2 Å². The molecule has 178 valence electrons. The summed E-state index contributed by atoms with van der Waals surface area (Å²) in [6.07, 6.45) is 0. The highest BCUT2D eigenvalue weighted by Crippen LogP contribution is 2.39. The average Bonchev–Trinajstić information content (AvgIpc) is 2.87. The number of carbonyl (C=O) groups excluding carboxylic acids is 1. The average molecular weight is 489 g/mol. The summed E-state index contributed by atoms with van der Waals surface area (Å²) in [5.41, 5.74) is 2.07. The van der Waals surface area contributed by atoms with Gasteiger partial charge in [-0.1, -0.05) is 61.0 Å². The molecule has 0 radical (unpaired) electrons. The molecule has 0 saturated heterocycles. The number of amides is 1. The second-order valence-electron chi connectivity index (χ2n) is 8.45. The van der Waals surface area contributed by atoms with E-state index in [2.05, 4.69) is 9.97 Å². The molecular weight excluding hydrogens is 464 g/mol. The molecule has 1 aliphatic heterocycles. The topological polar surface area (TPSA) is 78.5 Å². The van der Waals surface area contributed by atoms with Crippen LogP contribution in [-0.2, 0) is 11.3 Å². The number of nitrogens with one attached hydrogen (secondary N) is 1. The van der Waals surface area contributed by atoms with E-state index < -0.39 is 0 Å². The monoisotopic (exact) mass is 488 g/mol. The number of hydrogen-bond donors (Lipinski definition) is 1. The molecule has 0 bridgehead atoms. The smallest absolute Gasteiger partial charge is 0.258 e. The Morgan fingerprint density at radius 2 is 1.91 bits per heavy atom. The van der Waals surface area contributed by atoms with Gasteiger partial charge in [0.15, 0.2) is 0 Å². The van der Waals surface area contributed by atoms with Gasteiger partial charge in [0, 0.05) is 5.02 Å². The van der Waals surface area contributed by atoms with Crippen molar-refractivity contribution in [2.24, 2.45) is 0 Å². The Balaban J connectivity index is 1.42. The molecule has 1 amide bonds. The Bertz CT molecular complexity index is 1420. The van der Waals surface area contributed by atoms with Crippen LogP contribution in [0.3, 0.4) is 0 Å². The third-order valence-electron chi connectivity index (χ3n) is 6.18. The lowest BCUT2D eigenvalue weighted by atomic mass is 10.0. The number of nitrogens with zero attached hydrogens (tertiary/aromatic N) is 3. The van der Waals surface area contributed by atoms with Crippen LogP contribution in [0.15, 0.2) is 77.6 Å². The molecule has 7 nitrogen and oxygen atoms in total. The number of likely N-dealkylation sites (N-methyl/N-ethyl adjacent to an activating group) is 1. The van der Waals surface area contributed by atoms with Crippen LogP contribution in [0.1, 0.15) is 24.4 Å². The van der Waals surface area contributed by atoms with E-state index in [-0.39, 0.29) is 24.1 Å². The van der Waals surface area contributed by atoms with Crippen molar-refractivity contribution in [3.63, 3.8) is 0 Å². The van der Waals surface area contributed by atoms with Gasteiger partial charge < -0.3 is 9.72 Å². The number of hydrogen-bond acceptors (Lipinski definition) is 5. The predicted molar refractivity (Wildman–Crippen MR) is 137 cm³/mol. The molecule has 3 aromatic carbocycles. The van der Waals surface area contributed by atoms with Crippen LogP contribution in [0.2, 0.25) is 5.02 Å². The van der Waals surface area contributed by atoms with Crippen LogP contribution >= 0.6 is 11.6 Å². The first-order chi connectivity index (χ1) is 17.0. The number of anilines is 1. The van der Waals surface area contributed by atoms with Gasteiger partial charge in [0.25, 0.3) is 5.56 Å². The van der Waals surface area contributed by atoms with Gasteiger partial charge in [0.05, 0.1) is 35.7 Å². The summed E-state index contributed by atoms with van der Waals surface area (Å²) in [4.78, 5) is 37.5. The van der Waals surface area contributed by atoms with Crippen molar-refractivity contribution in [3.05, 3.63) is 99.6 Å². The molecule has 0 spiro atoms. The summed E-state index contributed by atoms with van der Waals surface area (Å²) in [5.74, 6) is 1.12. The van der Waals surface area contributed by atoms with E-state index in [1.165, 1.54) is 0 Å². The number of carbonyl (C=O) groups is 1. The first kappa shape index (κ1) is 23.1. The summed E-state index contributed by atoms with van der Waals surface area (Å²) in [7, 11) is 0. The zero-order chi connectivity index (χ0) is 24.4. The Morgan fingerprint density at radius 3 is 2.71 bits per heavy atom. The molecule has 2 heterocycles. The van der Waals surface area contributed by atoms with E-state index in [4.69, 9.17) is 16.3 Å². The minimum atomic E-state index is -0.238. The number of aromatic nitrogens is 2. The number of aromatic amines is 1. The number of halogens is 1. The molecule has 1 atom stereocenters. The van der Waals surface area contributed by atoms with Gasteiger partial charge in [0.1, 0.15) is 18.2 Å². The zero-order valence-corrected chi connectivity index (χ0v) is 20.0. The Labute approximate surface area is 207 Å². The van der Waals surface area contributed by atoms with E-state index in [0.717, 1.165) is 11.3 Å². The lowest BCUT2D eigenvalue weighted by Crippen LogP contribution is -2.46. The summed E-state index contributed by atoms with van der Waals surface area (Å²) in [6.45, 7) is 3.43. The first-order valence-electron chi connectivity index (χ1n) is 11.5.